The van der Waals surface area contributed by atoms with Crippen LogP contribution in [0.1, 0.15) is 24.0 Å². The highest BCUT2D eigenvalue weighted by Crippen LogP contribution is 2.57. The number of rotatable bonds is 2. The number of methoxy groups -OCH3 is 2. The average Bonchev–Trinajstić information content (AvgIpc) is 3.15. The lowest BCUT2D eigenvalue weighted by Crippen LogP contribution is -2.49. The van der Waals surface area contributed by atoms with Gasteiger partial charge in [-0.05, 0) is 24.5 Å². The van der Waals surface area contributed by atoms with E-state index in [1.54, 1.807) is 14.2 Å². The van der Waals surface area contributed by atoms with Crippen LogP contribution in [0.2, 0.25) is 0 Å². The molecule has 5 heteroatoms. The van der Waals surface area contributed by atoms with Gasteiger partial charge in [-0.2, -0.15) is 0 Å². The molecule has 0 spiro atoms. The molecule has 5 nitrogen and oxygen atoms in total. The minimum atomic E-state index is 0.0525. The summed E-state index contributed by atoms with van der Waals surface area (Å²) in [6.07, 6.45) is 7.00. The number of ether oxygens (including phenoxy) is 4. The van der Waals surface area contributed by atoms with Crippen molar-refractivity contribution in [1.29, 1.82) is 0 Å². The molecular weight excluding hydrogens is 294 g/mol. The normalized spacial score (nSPS) is 35.8. The van der Waals surface area contributed by atoms with E-state index in [9.17, 15) is 0 Å². The van der Waals surface area contributed by atoms with Gasteiger partial charge in [0.2, 0.25) is 12.5 Å². The molecule has 0 N–H and O–H groups in total. The molecule has 5 rings (SSSR count). The van der Waals surface area contributed by atoms with Crippen molar-refractivity contribution in [2.24, 2.45) is 0 Å². The van der Waals surface area contributed by atoms with Crippen molar-refractivity contribution in [2.75, 3.05) is 27.6 Å². The van der Waals surface area contributed by atoms with E-state index in [0.29, 0.717) is 6.04 Å². The Morgan fingerprint density at radius 2 is 2.22 bits per heavy atom. The van der Waals surface area contributed by atoms with E-state index in [1.165, 1.54) is 11.1 Å². The molecule has 0 radical (unpaired) electrons. The van der Waals surface area contributed by atoms with E-state index >= 15 is 0 Å². The van der Waals surface area contributed by atoms with Crippen LogP contribution in [0.3, 0.4) is 0 Å². The first-order chi connectivity index (χ1) is 11.3. The fourth-order valence-corrected chi connectivity index (χ4v) is 4.92. The summed E-state index contributed by atoms with van der Waals surface area (Å²) in [6.45, 7) is 2.29. The summed E-state index contributed by atoms with van der Waals surface area (Å²) in [4.78, 5) is 2.57. The Bertz CT molecular complexity index is 701. The molecule has 1 aromatic carbocycles. The third kappa shape index (κ3) is 1.64. The Morgan fingerprint density at radius 3 is 3.04 bits per heavy atom. The zero-order valence-electron chi connectivity index (χ0n) is 13.5. The standard InChI is InChI=1S/C18H21NO4/c1-20-11-3-4-18-5-6-19(15(18)7-11)9-12-13(18)8-14-17(16(12)21-2)23-10-22-14/h3-4,8,11,15H,5-7,9-10H2,1-2H3/t11-,15+,18+/m0/s1. The molecule has 1 fully saturated rings. The summed E-state index contributed by atoms with van der Waals surface area (Å²) >= 11 is 0. The van der Waals surface area contributed by atoms with Crippen LogP contribution in [0.15, 0.2) is 18.2 Å². The van der Waals surface area contributed by atoms with Gasteiger partial charge in [0.15, 0.2) is 11.5 Å². The van der Waals surface area contributed by atoms with Crippen LogP contribution in [0.5, 0.6) is 17.2 Å². The highest BCUT2D eigenvalue weighted by Gasteiger charge is 2.54. The first-order valence-corrected chi connectivity index (χ1v) is 8.23. The molecule has 3 heterocycles. The fraction of sp³-hybridized carbons (Fsp3) is 0.556. The molecular formula is C18H21NO4. The lowest BCUT2D eigenvalue weighted by molar-refractivity contribution is 0.0744. The van der Waals surface area contributed by atoms with Gasteiger partial charge in [-0.3, -0.25) is 4.90 Å². The third-order valence-electron chi connectivity index (χ3n) is 6.00. The van der Waals surface area contributed by atoms with Crippen molar-refractivity contribution in [2.45, 2.75) is 36.9 Å². The number of benzene rings is 1. The van der Waals surface area contributed by atoms with Gasteiger partial charge in [0, 0.05) is 37.2 Å². The summed E-state index contributed by atoms with van der Waals surface area (Å²) in [7, 11) is 3.51. The van der Waals surface area contributed by atoms with E-state index in [0.717, 1.165) is 43.2 Å². The zero-order valence-corrected chi connectivity index (χ0v) is 13.5. The lowest BCUT2D eigenvalue weighted by atomic mass is 9.66. The van der Waals surface area contributed by atoms with Crippen molar-refractivity contribution in [3.63, 3.8) is 0 Å². The van der Waals surface area contributed by atoms with Gasteiger partial charge in [-0.1, -0.05) is 12.2 Å². The minimum Gasteiger partial charge on any atom is -0.492 e. The Hall–Kier alpha value is -1.72. The van der Waals surface area contributed by atoms with Crippen molar-refractivity contribution in [1.82, 2.24) is 4.90 Å². The molecule has 2 bridgehead atoms. The molecule has 4 atom stereocenters. The molecule has 0 saturated carbocycles. The van der Waals surface area contributed by atoms with Crippen molar-refractivity contribution >= 4 is 0 Å². The van der Waals surface area contributed by atoms with Crippen molar-refractivity contribution in [3.05, 3.63) is 29.3 Å². The maximum atomic E-state index is 5.72. The highest BCUT2D eigenvalue weighted by atomic mass is 16.7. The first kappa shape index (κ1) is 13.7. The highest BCUT2D eigenvalue weighted by molar-refractivity contribution is 5.64. The molecule has 1 saturated heterocycles. The number of hydrogen-bond donors (Lipinski definition) is 0. The van der Waals surface area contributed by atoms with Gasteiger partial charge in [0.25, 0.3) is 0 Å². The Balaban J connectivity index is 1.73. The van der Waals surface area contributed by atoms with Crippen LogP contribution in [0.4, 0.5) is 0 Å². The van der Waals surface area contributed by atoms with Crippen LogP contribution < -0.4 is 14.2 Å². The molecule has 1 aromatic rings. The van der Waals surface area contributed by atoms with Crippen LogP contribution in [0.25, 0.3) is 0 Å². The molecule has 0 aromatic heterocycles. The molecule has 122 valence electrons. The molecule has 4 aliphatic rings. The van der Waals surface area contributed by atoms with E-state index in [4.69, 9.17) is 18.9 Å². The number of hydrogen-bond acceptors (Lipinski definition) is 5. The van der Waals surface area contributed by atoms with Crippen LogP contribution in [-0.4, -0.2) is 44.6 Å². The smallest absolute Gasteiger partial charge is 0.231 e. The lowest BCUT2D eigenvalue weighted by Gasteiger charge is -2.46. The molecule has 1 unspecified atom stereocenters. The van der Waals surface area contributed by atoms with Gasteiger partial charge < -0.3 is 18.9 Å². The third-order valence-corrected chi connectivity index (χ3v) is 6.00. The van der Waals surface area contributed by atoms with Crippen LogP contribution in [0, 0.1) is 0 Å². The van der Waals surface area contributed by atoms with E-state index < -0.39 is 0 Å². The second-order valence-electron chi connectivity index (χ2n) is 6.82. The predicted molar refractivity (Wildman–Crippen MR) is 84.2 cm³/mol. The first-order valence-electron chi connectivity index (χ1n) is 8.23. The maximum Gasteiger partial charge on any atom is 0.231 e. The van der Waals surface area contributed by atoms with Gasteiger partial charge in [-0.15, -0.1) is 0 Å². The predicted octanol–water partition coefficient (Wildman–Crippen LogP) is 2.22. The Morgan fingerprint density at radius 1 is 1.30 bits per heavy atom. The summed E-state index contributed by atoms with van der Waals surface area (Å²) in [5.74, 6) is 2.43. The van der Waals surface area contributed by atoms with E-state index in [-0.39, 0.29) is 18.3 Å². The summed E-state index contributed by atoms with van der Waals surface area (Å²) in [5, 5.41) is 0. The minimum absolute atomic E-state index is 0.0525. The second-order valence-corrected chi connectivity index (χ2v) is 6.82. The number of nitrogens with zero attached hydrogens (tertiary/aromatic N) is 1. The Kier molecular flexibility index (Phi) is 2.77. The summed E-state index contributed by atoms with van der Waals surface area (Å²) in [5.41, 5.74) is 2.66. The van der Waals surface area contributed by atoms with E-state index in [1.807, 2.05) is 0 Å². The molecule has 0 amide bonds. The Labute approximate surface area is 135 Å². The molecule has 1 aliphatic carbocycles. The number of fused-ring (bicyclic) bond motifs is 2. The van der Waals surface area contributed by atoms with Gasteiger partial charge >= 0.3 is 0 Å². The van der Waals surface area contributed by atoms with Gasteiger partial charge in [-0.25, -0.2) is 0 Å². The van der Waals surface area contributed by atoms with Crippen molar-refractivity contribution < 1.29 is 18.9 Å². The van der Waals surface area contributed by atoms with Gasteiger partial charge in [0.1, 0.15) is 0 Å². The summed E-state index contributed by atoms with van der Waals surface area (Å²) in [6, 6.07) is 2.68. The largest absolute Gasteiger partial charge is 0.492 e. The topological polar surface area (TPSA) is 40.2 Å². The van der Waals surface area contributed by atoms with Gasteiger partial charge in [0.05, 0.1) is 13.2 Å². The van der Waals surface area contributed by atoms with Crippen LogP contribution in [-0.2, 0) is 16.7 Å². The zero-order chi connectivity index (χ0) is 15.6. The molecule has 23 heavy (non-hydrogen) atoms. The fourth-order valence-electron chi connectivity index (χ4n) is 4.92. The summed E-state index contributed by atoms with van der Waals surface area (Å²) < 4.78 is 22.6. The molecule has 3 aliphatic heterocycles. The SMILES string of the molecule is COc1c2c(cc3c1OCO3)[C@]13C=C[C@H](OC)C[C@H]1N(CC3)C2. The van der Waals surface area contributed by atoms with Crippen LogP contribution >= 0.6 is 0 Å². The maximum absolute atomic E-state index is 5.72. The monoisotopic (exact) mass is 315 g/mol. The second kappa shape index (κ2) is 4.65. The van der Waals surface area contributed by atoms with E-state index in [2.05, 4.69) is 23.1 Å². The average molecular weight is 315 g/mol. The van der Waals surface area contributed by atoms with Crippen molar-refractivity contribution in [3.8, 4) is 17.2 Å². The quantitative estimate of drug-likeness (QED) is 0.783.